The molecule has 0 spiro atoms. The lowest BCUT2D eigenvalue weighted by Crippen LogP contribution is -2.11. The van der Waals surface area contributed by atoms with E-state index in [1.807, 2.05) is 6.07 Å². The third-order valence-corrected chi connectivity index (χ3v) is 1.74. The molecule has 0 N–H and O–H groups in total. The molecule has 0 heterocycles. The SMILES string of the molecule is O=C(Cl)N(Cl)c1ccccc1. The molecule has 0 fully saturated rings. The summed E-state index contributed by atoms with van der Waals surface area (Å²) in [5, 5.41) is -0.710. The van der Waals surface area contributed by atoms with E-state index in [-0.39, 0.29) is 0 Å². The van der Waals surface area contributed by atoms with Gasteiger partial charge < -0.3 is 0 Å². The zero-order valence-electron chi connectivity index (χ0n) is 5.50. The van der Waals surface area contributed by atoms with Gasteiger partial charge in [0, 0.05) is 11.8 Å². The van der Waals surface area contributed by atoms with Crippen molar-refractivity contribution in [3.05, 3.63) is 30.3 Å². The highest BCUT2D eigenvalue weighted by atomic mass is 35.5. The van der Waals surface area contributed by atoms with E-state index in [4.69, 9.17) is 23.4 Å². The summed E-state index contributed by atoms with van der Waals surface area (Å²) in [6.45, 7) is 0. The number of anilines is 1. The van der Waals surface area contributed by atoms with Crippen molar-refractivity contribution in [3.63, 3.8) is 0 Å². The molecule has 0 saturated heterocycles. The van der Waals surface area contributed by atoms with Crippen LogP contribution in [0.25, 0.3) is 0 Å². The van der Waals surface area contributed by atoms with Crippen LogP contribution in [0.2, 0.25) is 0 Å². The molecule has 0 atom stereocenters. The molecule has 0 radical (unpaired) electrons. The monoisotopic (exact) mass is 189 g/mol. The highest BCUT2D eigenvalue weighted by Crippen LogP contribution is 2.16. The van der Waals surface area contributed by atoms with Crippen LogP contribution in [0, 0.1) is 0 Å². The van der Waals surface area contributed by atoms with E-state index in [1.165, 1.54) is 0 Å². The van der Waals surface area contributed by atoms with Gasteiger partial charge in [0.2, 0.25) is 0 Å². The van der Waals surface area contributed by atoms with Crippen LogP contribution in [0.5, 0.6) is 0 Å². The van der Waals surface area contributed by atoms with Crippen LogP contribution >= 0.6 is 23.4 Å². The van der Waals surface area contributed by atoms with Crippen molar-refractivity contribution in [3.8, 4) is 0 Å². The number of hydrogen-bond acceptors (Lipinski definition) is 1. The normalized spacial score (nSPS) is 9.27. The van der Waals surface area contributed by atoms with Gasteiger partial charge in [-0.1, -0.05) is 18.2 Å². The van der Waals surface area contributed by atoms with E-state index < -0.39 is 5.37 Å². The number of halogens is 2. The Labute approximate surface area is 74.4 Å². The minimum absolute atomic E-state index is 0.564. The van der Waals surface area contributed by atoms with Crippen molar-refractivity contribution in [2.24, 2.45) is 0 Å². The first-order valence-electron chi connectivity index (χ1n) is 2.92. The second-order valence-corrected chi connectivity index (χ2v) is 2.53. The summed E-state index contributed by atoms with van der Waals surface area (Å²) in [6.07, 6.45) is 0. The zero-order chi connectivity index (χ0) is 8.27. The summed E-state index contributed by atoms with van der Waals surface area (Å²) < 4.78 is 0.849. The van der Waals surface area contributed by atoms with Gasteiger partial charge in [-0.25, -0.2) is 4.42 Å². The third kappa shape index (κ3) is 2.10. The molecule has 1 rings (SSSR count). The van der Waals surface area contributed by atoms with Crippen LogP contribution in [0.15, 0.2) is 30.3 Å². The number of hydrogen-bond donors (Lipinski definition) is 0. The lowest BCUT2D eigenvalue weighted by atomic mass is 10.3. The molecule has 4 heteroatoms. The Hall–Kier alpha value is -0.730. The van der Waals surface area contributed by atoms with Gasteiger partial charge in [0.1, 0.15) is 0 Å². The summed E-state index contributed by atoms with van der Waals surface area (Å²) in [4.78, 5) is 10.5. The second kappa shape index (κ2) is 3.60. The molecule has 0 bridgehead atoms. The number of carbonyl (C=O) groups excluding carboxylic acids is 1. The summed E-state index contributed by atoms with van der Waals surface area (Å²) >= 11 is 10.6. The fourth-order valence-electron chi connectivity index (χ4n) is 0.660. The van der Waals surface area contributed by atoms with E-state index in [9.17, 15) is 4.79 Å². The van der Waals surface area contributed by atoms with Gasteiger partial charge in [0.25, 0.3) is 0 Å². The average Bonchev–Trinajstić information content (AvgIpc) is 2.05. The van der Waals surface area contributed by atoms with Crippen LogP contribution in [0.1, 0.15) is 0 Å². The zero-order valence-corrected chi connectivity index (χ0v) is 7.01. The van der Waals surface area contributed by atoms with Crippen LogP contribution in [0.3, 0.4) is 0 Å². The number of benzene rings is 1. The summed E-state index contributed by atoms with van der Waals surface area (Å²) in [5.74, 6) is 0. The lowest BCUT2D eigenvalue weighted by molar-refractivity contribution is 0.267. The topological polar surface area (TPSA) is 20.3 Å². The Bertz CT molecular complexity index is 250. The molecule has 0 saturated carbocycles. The van der Waals surface area contributed by atoms with Crippen molar-refractivity contribution >= 4 is 34.4 Å². The van der Waals surface area contributed by atoms with Crippen LogP contribution in [-0.4, -0.2) is 5.37 Å². The lowest BCUT2D eigenvalue weighted by Gasteiger charge is -2.07. The van der Waals surface area contributed by atoms with E-state index in [1.54, 1.807) is 24.3 Å². The highest BCUT2D eigenvalue weighted by molar-refractivity contribution is 6.71. The molecule has 2 nitrogen and oxygen atoms in total. The number of carbonyl (C=O) groups is 1. The number of rotatable bonds is 1. The number of para-hydroxylation sites is 1. The Kier molecular flexibility index (Phi) is 2.74. The van der Waals surface area contributed by atoms with Crippen LogP contribution < -0.4 is 4.42 Å². The molecule has 11 heavy (non-hydrogen) atoms. The van der Waals surface area contributed by atoms with E-state index in [0.29, 0.717) is 5.69 Å². The average molecular weight is 190 g/mol. The molecule has 58 valence electrons. The Balaban J connectivity index is 2.85. The van der Waals surface area contributed by atoms with Crippen LogP contribution in [-0.2, 0) is 0 Å². The Morgan fingerprint density at radius 2 is 1.82 bits per heavy atom. The molecular formula is C7H5Cl2NO. The second-order valence-electron chi connectivity index (χ2n) is 1.87. The summed E-state index contributed by atoms with van der Waals surface area (Å²) in [6, 6.07) is 8.74. The first kappa shape index (κ1) is 8.37. The quantitative estimate of drug-likeness (QED) is 0.378. The van der Waals surface area contributed by atoms with E-state index in [0.717, 1.165) is 4.42 Å². The molecule has 1 amide bonds. The minimum Gasteiger partial charge on any atom is -0.254 e. The predicted octanol–water partition coefficient (Wildman–Crippen LogP) is 3.01. The van der Waals surface area contributed by atoms with Gasteiger partial charge >= 0.3 is 5.37 Å². The molecular weight excluding hydrogens is 185 g/mol. The van der Waals surface area contributed by atoms with Crippen molar-refractivity contribution in [1.82, 2.24) is 0 Å². The number of nitrogens with zero attached hydrogens (tertiary/aromatic N) is 1. The molecule has 0 aliphatic carbocycles. The van der Waals surface area contributed by atoms with Crippen molar-refractivity contribution in [2.45, 2.75) is 0 Å². The predicted molar refractivity (Wildman–Crippen MR) is 46.0 cm³/mol. The maximum atomic E-state index is 10.5. The molecule has 0 unspecified atom stereocenters. The van der Waals surface area contributed by atoms with Crippen LogP contribution in [0.4, 0.5) is 10.5 Å². The molecule has 1 aromatic carbocycles. The highest BCUT2D eigenvalue weighted by Gasteiger charge is 2.08. The maximum absolute atomic E-state index is 10.5. The van der Waals surface area contributed by atoms with Gasteiger partial charge in [-0.15, -0.1) is 0 Å². The first-order chi connectivity index (χ1) is 5.22. The fraction of sp³-hybridized carbons (Fsp3) is 0. The molecule has 0 aliphatic rings. The maximum Gasteiger partial charge on any atom is 0.335 e. The molecule has 0 aliphatic heterocycles. The summed E-state index contributed by atoms with van der Waals surface area (Å²) in [5.41, 5.74) is 0.564. The van der Waals surface area contributed by atoms with Crippen molar-refractivity contribution < 1.29 is 4.79 Å². The third-order valence-electron chi connectivity index (χ3n) is 1.14. The Morgan fingerprint density at radius 1 is 1.27 bits per heavy atom. The van der Waals surface area contributed by atoms with E-state index >= 15 is 0 Å². The first-order valence-corrected chi connectivity index (χ1v) is 3.64. The Morgan fingerprint density at radius 3 is 2.27 bits per heavy atom. The van der Waals surface area contributed by atoms with Gasteiger partial charge in [-0.3, -0.25) is 4.79 Å². The summed E-state index contributed by atoms with van der Waals surface area (Å²) in [7, 11) is 0. The van der Waals surface area contributed by atoms with Gasteiger partial charge in [-0.05, 0) is 23.7 Å². The fourth-order valence-corrected chi connectivity index (χ4v) is 0.871. The molecule has 0 aromatic heterocycles. The van der Waals surface area contributed by atoms with Crippen molar-refractivity contribution in [1.29, 1.82) is 0 Å². The van der Waals surface area contributed by atoms with Gasteiger partial charge in [0.15, 0.2) is 0 Å². The van der Waals surface area contributed by atoms with Crippen molar-refractivity contribution in [2.75, 3.05) is 4.42 Å². The standard InChI is InChI=1S/C7H5Cl2NO/c8-7(11)10(9)6-4-2-1-3-5-6/h1-5H. The van der Waals surface area contributed by atoms with E-state index in [2.05, 4.69) is 0 Å². The largest absolute Gasteiger partial charge is 0.335 e. The minimum atomic E-state index is -0.710. The smallest absolute Gasteiger partial charge is 0.254 e. The van der Waals surface area contributed by atoms with Gasteiger partial charge in [0.05, 0.1) is 5.69 Å². The molecule has 1 aromatic rings. The van der Waals surface area contributed by atoms with Gasteiger partial charge in [-0.2, -0.15) is 0 Å². The number of amides is 1.